The molecule has 1 unspecified atom stereocenters. The maximum absolute atomic E-state index is 12.7. The molecule has 4 heteroatoms. The first kappa shape index (κ1) is 15.7. The average molecular weight is 321 g/mol. The monoisotopic (exact) mass is 320 g/mol. The van der Waals surface area contributed by atoms with Gasteiger partial charge in [-0.25, -0.2) is 4.79 Å². The third-order valence-corrected chi connectivity index (χ3v) is 5.43. The molecule has 2 aliphatic rings. The van der Waals surface area contributed by atoms with Crippen molar-refractivity contribution in [2.45, 2.75) is 57.9 Å². The number of likely N-dealkylation sites (tertiary alicyclic amines) is 1. The Bertz CT molecular complexity index is 540. The number of carbonyl (C=O) groups is 1. The standard InChI is InChI=1S/C18H25ClN2O/c1-13-9-10-16(15(19)12-13)20-18(22)21-11-5-8-17(21)14-6-3-2-4-7-14/h9-10,12,14,17H,2-8,11H2,1H3,(H,20,22). The second-order valence-corrected chi connectivity index (χ2v) is 7.12. The molecule has 1 saturated heterocycles. The van der Waals surface area contributed by atoms with Crippen LogP contribution in [0.15, 0.2) is 18.2 Å². The quantitative estimate of drug-likeness (QED) is 0.795. The molecule has 22 heavy (non-hydrogen) atoms. The summed E-state index contributed by atoms with van der Waals surface area (Å²) in [6.07, 6.45) is 8.82. The summed E-state index contributed by atoms with van der Waals surface area (Å²) in [5, 5.41) is 3.62. The lowest BCUT2D eigenvalue weighted by Crippen LogP contribution is -2.43. The van der Waals surface area contributed by atoms with Crippen LogP contribution in [0.3, 0.4) is 0 Å². The molecule has 1 aromatic carbocycles. The molecular weight excluding hydrogens is 296 g/mol. The van der Waals surface area contributed by atoms with E-state index in [-0.39, 0.29) is 6.03 Å². The van der Waals surface area contributed by atoms with Crippen molar-refractivity contribution in [1.29, 1.82) is 0 Å². The summed E-state index contributed by atoms with van der Waals surface area (Å²) >= 11 is 6.23. The first-order valence-corrected chi connectivity index (χ1v) is 8.87. The van der Waals surface area contributed by atoms with Gasteiger partial charge in [0.25, 0.3) is 0 Å². The molecule has 2 fully saturated rings. The molecule has 0 bridgehead atoms. The van der Waals surface area contributed by atoms with Crippen molar-refractivity contribution >= 4 is 23.3 Å². The summed E-state index contributed by atoms with van der Waals surface area (Å²) in [4.78, 5) is 14.7. The van der Waals surface area contributed by atoms with E-state index in [4.69, 9.17) is 11.6 Å². The van der Waals surface area contributed by atoms with Gasteiger partial charge < -0.3 is 10.2 Å². The van der Waals surface area contributed by atoms with Crippen LogP contribution in [-0.2, 0) is 0 Å². The summed E-state index contributed by atoms with van der Waals surface area (Å²) in [6.45, 7) is 2.87. The number of nitrogens with one attached hydrogen (secondary N) is 1. The smallest absolute Gasteiger partial charge is 0.321 e. The molecular formula is C18H25ClN2O. The van der Waals surface area contributed by atoms with Gasteiger partial charge in [0.1, 0.15) is 0 Å². The van der Waals surface area contributed by atoms with Crippen LogP contribution in [0.4, 0.5) is 10.5 Å². The Kier molecular flexibility index (Phi) is 4.92. The lowest BCUT2D eigenvalue weighted by atomic mass is 9.83. The van der Waals surface area contributed by atoms with Gasteiger partial charge in [-0.1, -0.05) is 36.9 Å². The predicted molar refractivity (Wildman–Crippen MR) is 91.5 cm³/mol. The first-order chi connectivity index (χ1) is 10.6. The zero-order valence-electron chi connectivity index (χ0n) is 13.3. The third-order valence-electron chi connectivity index (χ3n) is 5.12. The van der Waals surface area contributed by atoms with Gasteiger partial charge in [0.15, 0.2) is 0 Å². The van der Waals surface area contributed by atoms with Gasteiger partial charge in [-0.15, -0.1) is 0 Å². The van der Waals surface area contributed by atoms with Gasteiger partial charge in [-0.05, 0) is 56.2 Å². The summed E-state index contributed by atoms with van der Waals surface area (Å²) in [5.74, 6) is 0.690. The predicted octanol–water partition coefficient (Wildman–Crippen LogP) is 5.23. The van der Waals surface area contributed by atoms with Crippen molar-refractivity contribution < 1.29 is 4.79 Å². The fraction of sp³-hybridized carbons (Fsp3) is 0.611. The van der Waals surface area contributed by atoms with E-state index >= 15 is 0 Å². The molecule has 0 spiro atoms. The number of rotatable bonds is 2. The Hall–Kier alpha value is -1.22. The fourth-order valence-corrected chi connectivity index (χ4v) is 4.24. The topological polar surface area (TPSA) is 32.3 Å². The Balaban J connectivity index is 1.67. The summed E-state index contributed by atoms with van der Waals surface area (Å²) in [5.41, 5.74) is 1.82. The maximum atomic E-state index is 12.7. The van der Waals surface area contributed by atoms with Gasteiger partial charge in [0, 0.05) is 12.6 Å². The molecule has 3 rings (SSSR count). The summed E-state index contributed by atoms with van der Waals surface area (Å²) in [7, 11) is 0. The molecule has 1 N–H and O–H groups in total. The van der Waals surface area contributed by atoms with Gasteiger partial charge in [-0.2, -0.15) is 0 Å². The first-order valence-electron chi connectivity index (χ1n) is 8.49. The van der Waals surface area contributed by atoms with E-state index in [0.717, 1.165) is 24.9 Å². The van der Waals surface area contributed by atoms with Crippen molar-refractivity contribution in [2.24, 2.45) is 5.92 Å². The number of amides is 2. The minimum atomic E-state index is 0.0128. The number of hydrogen-bond donors (Lipinski definition) is 1. The van der Waals surface area contributed by atoms with Gasteiger partial charge >= 0.3 is 6.03 Å². The number of urea groups is 1. The number of nitrogens with zero attached hydrogens (tertiary/aromatic N) is 1. The Morgan fingerprint density at radius 1 is 1.18 bits per heavy atom. The molecule has 1 heterocycles. The maximum Gasteiger partial charge on any atom is 0.322 e. The SMILES string of the molecule is Cc1ccc(NC(=O)N2CCCC2C2CCCCC2)c(Cl)c1. The van der Waals surface area contributed by atoms with Crippen LogP contribution in [0.1, 0.15) is 50.5 Å². The minimum absolute atomic E-state index is 0.0128. The van der Waals surface area contributed by atoms with E-state index in [1.807, 2.05) is 30.0 Å². The molecule has 3 nitrogen and oxygen atoms in total. The molecule has 1 atom stereocenters. The Morgan fingerprint density at radius 2 is 1.95 bits per heavy atom. The average Bonchev–Trinajstić information content (AvgIpc) is 3.00. The second kappa shape index (κ2) is 6.91. The van der Waals surface area contributed by atoms with E-state index in [0.29, 0.717) is 22.7 Å². The molecule has 1 aliphatic carbocycles. The van der Waals surface area contributed by atoms with Crippen LogP contribution in [0.2, 0.25) is 5.02 Å². The number of carbonyl (C=O) groups excluding carboxylic acids is 1. The van der Waals surface area contributed by atoms with E-state index in [1.165, 1.54) is 32.1 Å². The van der Waals surface area contributed by atoms with Crippen LogP contribution in [-0.4, -0.2) is 23.5 Å². The zero-order chi connectivity index (χ0) is 15.5. The lowest BCUT2D eigenvalue weighted by Gasteiger charge is -2.34. The molecule has 1 aliphatic heterocycles. The highest BCUT2D eigenvalue weighted by Crippen LogP contribution is 2.35. The van der Waals surface area contributed by atoms with Crippen molar-refractivity contribution in [1.82, 2.24) is 4.90 Å². The molecule has 1 saturated carbocycles. The molecule has 120 valence electrons. The number of halogens is 1. The van der Waals surface area contributed by atoms with E-state index in [9.17, 15) is 4.79 Å². The van der Waals surface area contributed by atoms with Crippen molar-refractivity contribution in [2.75, 3.05) is 11.9 Å². The lowest BCUT2D eigenvalue weighted by molar-refractivity contribution is 0.166. The number of hydrogen-bond acceptors (Lipinski definition) is 1. The largest absolute Gasteiger partial charge is 0.322 e. The van der Waals surface area contributed by atoms with E-state index in [1.54, 1.807) is 0 Å². The Labute approximate surface area is 138 Å². The van der Waals surface area contributed by atoms with E-state index in [2.05, 4.69) is 5.32 Å². The second-order valence-electron chi connectivity index (χ2n) is 6.71. The fourth-order valence-electron chi connectivity index (χ4n) is 3.96. The van der Waals surface area contributed by atoms with E-state index < -0.39 is 0 Å². The molecule has 2 amide bonds. The van der Waals surface area contributed by atoms with Crippen LogP contribution in [0, 0.1) is 12.8 Å². The highest BCUT2D eigenvalue weighted by molar-refractivity contribution is 6.33. The summed E-state index contributed by atoms with van der Waals surface area (Å²) in [6, 6.07) is 6.19. The van der Waals surface area contributed by atoms with Crippen LogP contribution in [0.5, 0.6) is 0 Å². The van der Waals surface area contributed by atoms with Crippen molar-refractivity contribution in [3.8, 4) is 0 Å². The number of anilines is 1. The van der Waals surface area contributed by atoms with Crippen LogP contribution < -0.4 is 5.32 Å². The number of aryl methyl sites for hydroxylation is 1. The van der Waals surface area contributed by atoms with Crippen LogP contribution in [0.25, 0.3) is 0 Å². The van der Waals surface area contributed by atoms with Crippen molar-refractivity contribution in [3.63, 3.8) is 0 Å². The van der Waals surface area contributed by atoms with Crippen LogP contribution >= 0.6 is 11.6 Å². The highest BCUT2D eigenvalue weighted by Gasteiger charge is 2.35. The van der Waals surface area contributed by atoms with Gasteiger partial charge in [0.05, 0.1) is 10.7 Å². The van der Waals surface area contributed by atoms with Gasteiger partial charge in [0.2, 0.25) is 0 Å². The zero-order valence-corrected chi connectivity index (χ0v) is 14.0. The minimum Gasteiger partial charge on any atom is -0.321 e. The molecule has 1 aromatic rings. The Morgan fingerprint density at radius 3 is 2.68 bits per heavy atom. The third kappa shape index (κ3) is 3.40. The molecule has 0 aromatic heterocycles. The number of benzene rings is 1. The van der Waals surface area contributed by atoms with Crippen molar-refractivity contribution in [3.05, 3.63) is 28.8 Å². The van der Waals surface area contributed by atoms with Gasteiger partial charge in [-0.3, -0.25) is 0 Å². The summed E-state index contributed by atoms with van der Waals surface area (Å²) < 4.78 is 0. The highest BCUT2D eigenvalue weighted by atomic mass is 35.5. The molecule has 0 radical (unpaired) electrons. The normalized spacial score (nSPS) is 22.8.